The Bertz CT molecular complexity index is 1410. The van der Waals surface area contributed by atoms with E-state index in [1.165, 1.54) is 16.7 Å². The normalized spacial score (nSPS) is 29.7. The Labute approximate surface area is 283 Å². The molecule has 2 aliphatic heterocycles. The zero-order chi connectivity index (χ0) is 33.9. The van der Waals surface area contributed by atoms with Gasteiger partial charge in [-0.25, -0.2) is 18.4 Å². The molecule has 11 heteroatoms. The number of hydrogen-bond acceptors (Lipinski definition) is 9. The number of aromatic nitrogens is 2. The summed E-state index contributed by atoms with van der Waals surface area (Å²) in [4.78, 5) is 11.9. The van der Waals surface area contributed by atoms with E-state index in [2.05, 4.69) is 93.8 Å². The molecule has 3 fully saturated rings. The van der Waals surface area contributed by atoms with E-state index in [4.69, 9.17) is 19.4 Å². The highest BCUT2D eigenvalue weighted by molar-refractivity contribution is 7.90. The van der Waals surface area contributed by atoms with Gasteiger partial charge in [0.1, 0.15) is 18.3 Å². The highest BCUT2D eigenvalue weighted by atomic mass is 32.2. The number of hydrogen-bond donors (Lipinski definition) is 3. The van der Waals surface area contributed by atoms with Crippen LogP contribution < -0.4 is 20.1 Å². The zero-order valence-electron chi connectivity index (χ0n) is 29.8. The number of rotatable bonds is 7. The fourth-order valence-electron chi connectivity index (χ4n) is 7.42. The first-order chi connectivity index (χ1) is 22.2. The second kappa shape index (κ2) is 15.2. The largest absolute Gasteiger partial charge is 0.487 e. The third-order valence-electron chi connectivity index (χ3n) is 10.2. The predicted octanol–water partition coefficient (Wildman–Crippen LogP) is 5.57. The van der Waals surface area contributed by atoms with Crippen LogP contribution in [0.1, 0.15) is 109 Å². The summed E-state index contributed by atoms with van der Waals surface area (Å²) in [7, 11) is -3.60. The summed E-state index contributed by atoms with van der Waals surface area (Å²) in [6.07, 6.45) is 7.44. The topological polar surface area (TPSA) is 118 Å². The van der Waals surface area contributed by atoms with Crippen LogP contribution in [0.15, 0.2) is 30.6 Å². The molecular weight excluding hydrogens is 613 g/mol. The van der Waals surface area contributed by atoms with Crippen LogP contribution in [0.5, 0.6) is 5.75 Å². The van der Waals surface area contributed by atoms with Crippen molar-refractivity contribution in [3.05, 3.63) is 53.1 Å². The van der Waals surface area contributed by atoms with E-state index in [1.807, 2.05) is 0 Å². The minimum Gasteiger partial charge on any atom is -0.487 e. The molecule has 2 saturated heterocycles. The molecule has 0 amide bonds. The second-order valence-electron chi connectivity index (χ2n) is 15.7. The summed E-state index contributed by atoms with van der Waals surface area (Å²) >= 11 is 0. The van der Waals surface area contributed by atoms with Gasteiger partial charge in [0.15, 0.2) is 5.75 Å². The molecule has 1 aromatic carbocycles. The van der Waals surface area contributed by atoms with E-state index in [1.54, 1.807) is 12.4 Å². The van der Waals surface area contributed by atoms with E-state index in [0.29, 0.717) is 44.1 Å². The van der Waals surface area contributed by atoms with Gasteiger partial charge in [-0.05, 0) is 80.4 Å². The number of aryl methyl sites for hydroxylation is 2. The van der Waals surface area contributed by atoms with Crippen LogP contribution in [0.4, 0.5) is 0 Å². The zero-order valence-corrected chi connectivity index (χ0v) is 30.6. The molecule has 10 nitrogen and oxygen atoms in total. The maximum Gasteiger partial charge on any atom is 0.216 e. The molecule has 5 unspecified atom stereocenters. The Kier molecular flexibility index (Phi) is 11.7. The van der Waals surface area contributed by atoms with E-state index in [9.17, 15) is 8.42 Å². The van der Waals surface area contributed by atoms with E-state index in [0.717, 1.165) is 31.6 Å². The molecule has 3 heterocycles. The van der Waals surface area contributed by atoms with Crippen LogP contribution in [-0.2, 0) is 21.3 Å². The number of nitrogens with zero attached hydrogens (tertiary/aromatic N) is 3. The van der Waals surface area contributed by atoms with Crippen LogP contribution in [0.3, 0.4) is 0 Å². The lowest BCUT2D eigenvalue weighted by Gasteiger charge is -2.40. The lowest BCUT2D eigenvalue weighted by Crippen LogP contribution is -2.64. The van der Waals surface area contributed by atoms with Gasteiger partial charge in [-0.1, -0.05) is 59.2 Å². The van der Waals surface area contributed by atoms with Crippen LogP contribution in [-0.4, -0.2) is 66.4 Å². The molecule has 3 aliphatic rings. The van der Waals surface area contributed by atoms with Gasteiger partial charge in [-0.3, -0.25) is 15.5 Å². The average Bonchev–Trinajstić information content (AvgIpc) is 2.99. The van der Waals surface area contributed by atoms with Gasteiger partial charge in [0.25, 0.3) is 0 Å². The summed E-state index contributed by atoms with van der Waals surface area (Å²) in [5.74, 6) is 2.03. The van der Waals surface area contributed by atoms with E-state index < -0.39 is 21.6 Å². The maximum absolute atomic E-state index is 13.9. The number of nitrogens with one attached hydrogen (secondary N) is 3. The highest BCUT2D eigenvalue weighted by Crippen LogP contribution is 2.34. The fraction of sp³-hybridized carbons (Fsp3) is 0.722. The Morgan fingerprint density at radius 3 is 2.40 bits per heavy atom. The van der Waals surface area contributed by atoms with Crippen molar-refractivity contribution >= 4 is 10.0 Å². The van der Waals surface area contributed by atoms with Gasteiger partial charge in [0, 0.05) is 25.0 Å². The number of ether oxygens (including phenoxy) is 2. The third kappa shape index (κ3) is 9.73. The van der Waals surface area contributed by atoms with Crippen molar-refractivity contribution in [3.63, 3.8) is 0 Å². The first kappa shape index (κ1) is 36.1. The van der Waals surface area contributed by atoms with Gasteiger partial charge in [0.05, 0.1) is 36.9 Å². The molecule has 0 spiro atoms. The number of benzene rings is 1. The van der Waals surface area contributed by atoms with Crippen LogP contribution in [0, 0.1) is 31.1 Å². The van der Waals surface area contributed by atoms with Gasteiger partial charge in [0.2, 0.25) is 10.0 Å². The van der Waals surface area contributed by atoms with Crippen LogP contribution >= 0.6 is 0 Å². The summed E-state index contributed by atoms with van der Waals surface area (Å²) in [5.41, 5.74) is 3.62. The second-order valence-corrected chi connectivity index (χ2v) is 17.7. The first-order valence-corrected chi connectivity index (χ1v) is 19.1. The van der Waals surface area contributed by atoms with Gasteiger partial charge < -0.3 is 9.47 Å². The molecule has 0 radical (unpaired) electrons. The molecule has 7 atom stereocenters. The van der Waals surface area contributed by atoms with Crippen molar-refractivity contribution in [2.45, 2.75) is 136 Å². The monoisotopic (exact) mass is 670 g/mol. The van der Waals surface area contributed by atoms with Crippen molar-refractivity contribution in [1.82, 2.24) is 30.2 Å². The lowest BCUT2D eigenvalue weighted by molar-refractivity contribution is -0.0519. The molecule has 1 aliphatic carbocycles. The molecule has 47 heavy (non-hydrogen) atoms. The maximum atomic E-state index is 13.9. The van der Waals surface area contributed by atoms with Crippen molar-refractivity contribution in [2.24, 2.45) is 17.3 Å². The third-order valence-corrected chi connectivity index (χ3v) is 12.0. The Balaban J connectivity index is 1.46. The predicted molar refractivity (Wildman–Crippen MR) is 186 cm³/mol. The van der Waals surface area contributed by atoms with Crippen molar-refractivity contribution in [1.29, 1.82) is 0 Å². The Morgan fingerprint density at radius 1 is 1.04 bits per heavy atom. The summed E-state index contributed by atoms with van der Waals surface area (Å²) in [6, 6.07) is 6.34. The molecule has 1 aromatic heterocycles. The van der Waals surface area contributed by atoms with Gasteiger partial charge in [-0.15, -0.1) is 0 Å². The summed E-state index contributed by atoms with van der Waals surface area (Å²) in [6.45, 7) is 19.2. The first-order valence-electron chi connectivity index (χ1n) is 17.6. The summed E-state index contributed by atoms with van der Waals surface area (Å²) in [5, 5.41) is 6.59. The fourth-order valence-corrected chi connectivity index (χ4v) is 9.08. The Morgan fingerprint density at radius 2 is 1.74 bits per heavy atom. The molecule has 262 valence electrons. The van der Waals surface area contributed by atoms with Gasteiger partial charge >= 0.3 is 0 Å². The number of sulfonamides is 1. The van der Waals surface area contributed by atoms with Gasteiger partial charge in [-0.2, -0.15) is 4.72 Å². The minimum absolute atomic E-state index is 0.0522. The molecular formula is C36H58N6O4S. The molecule has 4 bridgehead atoms. The lowest BCUT2D eigenvalue weighted by atomic mass is 9.85. The average molecular weight is 671 g/mol. The molecule has 3 N–H and O–H groups in total. The molecule has 1 saturated carbocycles. The van der Waals surface area contributed by atoms with Crippen molar-refractivity contribution in [2.75, 3.05) is 13.2 Å². The SMILES string of the molecule is Cc1cccc(C)c1C1CC2NC(N1)NS(=O)(=O)C1CCCC(C1)CN(Cc1ncc(O[C@@H](C)C(C)C)cn1)[C@H](CC(C)(C)C)CO2. The minimum atomic E-state index is -3.60. The van der Waals surface area contributed by atoms with Crippen molar-refractivity contribution in [3.8, 4) is 5.75 Å². The van der Waals surface area contributed by atoms with E-state index >= 15 is 0 Å². The van der Waals surface area contributed by atoms with Crippen LogP contribution in [0.2, 0.25) is 0 Å². The Hall–Kier alpha value is -2.15. The smallest absolute Gasteiger partial charge is 0.216 e. The molecule has 5 rings (SSSR count). The van der Waals surface area contributed by atoms with Crippen molar-refractivity contribution < 1.29 is 17.9 Å². The summed E-state index contributed by atoms with van der Waals surface area (Å²) < 4.78 is 43.6. The molecule has 2 aromatic rings. The quantitative estimate of drug-likeness (QED) is 0.348. The number of fused-ring (bicyclic) bond motifs is 4. The van der Waals surface area contributed by atoms with Crippen LogP contribution in [0.25, 0.3) is 0 Å². The van der Waals surface area contributed by atoms with E-state index in [-0.39, 0.29) is 35.7 Å². The highest BCUT2D eigenvalue weighted by Gasteiger charge is 2.39. The standard InChI is InChI=1S/C36H58N6O4S/c1-23(2)26(5)46-29-18-37-32(38-19-29)21-42-20-27-13-10-14-30(15-27)47(43,44)41-35-39-31(34-24(3)11-9-12-25(34)4)16-33(40-35)45-22-28(42)17-36(6,7)8/h9,11-12,18-19,23,26-28,30-31,33,35,39-41H,10,13-17,20-22H2,1-8H3/t26-,27?,28+,30?,31?,33?,35?/m0/s1.